The van der Waals surface area contributed by atoms with Gasteiger partial charge >= 0.3 is 0 Å². The number of hydrogen-bond donors (Lipinski definition) is 2. The molecule has 0 fully saturated rings. The van der Waals surface area contributed by atoms with Crippen LogP contribution in [0, 0.1) is 0 Å². The lowest BCUT2D eigenvalue weighted by Gasteiger charge is -2.08. The van der Waals surface area contributed by atoms with E-state index in [2.05, 4.69) is 26.2 Å². The molecule has 0 unspecified atom stereocenters. The van der Waals surface area contributed by atoms with Crippen molar-refractivity contribution >= 4 is 33.4 Å². The normalized spacial score (nSPS) is 10.2. The second-order valence-electron chi connectivity index (χ2n) is 3.86. The van der Waals surface area contributed by atoms with E-state index in [9.17, 15) is 4.79 Å². The van der Waals surface area contributed by atoms with Gasteiger partial charge in [0.1, 0.15) is 5.75 Å². The van der Waals surface area contributed by atoms with Gasteiger partial charge in [0.05, 0.1) is 4.47 Å². The number of aromatic amines is 1. The minimum Gasteiger partial charge on any atom is -0.483 e. The summed E-state index contributed by atoms with van der Waals surface area (Å²) in [7, 11) is 0. The Labute approximate surface area is 124 Å². The molecule has 100 valence electrons. The van der Waals surface area contributed by atoms with E-state index in [0.29, 0.717) is 17.3 Å². The van der Waals surface area contributed by atoms with Gasteiger partial charge in [-0.25, -0.2) is 0 Å². The molecule has 1 amide bonds. The molecular formula is C13H12BrClN2O2. The van der Waals surface area contributed by atoms with Crippen LogP contribution in [-0.4, -0.2) is 17.5 Å². The van der Waals surface area contributed by atoms with E-state index in [1.165, 1.54) is 0 Å². The molecule has 0 saturated heterocycles. The molecule has 0 aliphatic carbocycles. The number of aromatic nitrogens is 1. The monoisotopic (exact) mass is 342 g/mol. The lowest BCUT2D eigenvalue weighted by Crippen LogP contribution is -2.28. The van der Waals surface area contributed by atoms with Gasteiger partial charge in [-0.3, -0.25) is 4.79 Å². The molecule has 0 aliphatic rings. The number of hydrogen-bond acceptors (Lipinski definition) is 2. The van der Waals surface area contributed by atoms with E-state index < -0.39 is 0 Å². The molecule has 0 radical (unpaired) electrons. The fraction of sp³-hybridized carbons (Fsp3) is 0.154. The van der Waals surface area contributed by atoms with Crippen molar-refractivity contribution in [3.05, 3.63) is 51.7 Å². The summed E-state index contributed by atoms with van der Waals surface area (Å²) in [5.41, 5.74) is 1.01. The lowest BCUT2D eigenvalue weighted by atomic mass is 10.3. The van der Waals surface area contributed by atoms with Crippen LogP contribution in [0.15, 0.2) is 41.1 Å². The number of nitrogens with one attached hydrogen (secondary N) is 2. The summed E-state index contributed by atoms with van der Waals surface area (Å²) in [4.78, 5) is 14.5. The second-order valence-corrected chi connectivity index (χ2v) is 5.15. The van der Waals surface area contributed by atoms with Crippen molar-refractivity contribution < 1.29 is 9.53 Å². The Morgan fingerprint density at radius 3 is 2.95 bits per heavy atom. The maximum atomic E-state index is 11.6. The highest BCUT2D eigenvalue weighted by molar-refractivity contribution is 9.10. The van der Waals surface area contributed by atoms with Crippen LogP contribution in [0.5, 0.6) is 5.75 Å². The van der Waals surface area contributed by atoms with Gasteiger partial charge in [0, 0.05) is 24.0 Å². The number of halogens is 2. The summed E-state index contributed by atoms with van der Waals surface area (Å²) >= 11 is 9.14. The minimum atomic E-state index is -0.178. The smallest absolute Gasteiger partial charge is 0.258 e. The fourth-order valence-electron chi connectivity index (χ4n) is 1.46. The summed E-state index contributed by atoms with van der Waals surface area (Å²) in [6, 6.07) is 7.04. The van der Waals surface area contributed by atoms with Gasteiger partial charge in [-0.05, 0) is 45.8 Å². The number of ether oxygens (including phenoxy) is 1. The molecule has 2 rings (SSSR count). The zero-order chi connectivity index (χ0) is 13.7. The van der Waals surface area contributed by atoms with Crippen LogP contribution < -0.4 is 10.1 Å². The Balaban J connectivity index is 1.80. The van der Waals surface area contributed by atoms with E-state index in [4.69, 9.17) is 16.3 Å². The molecule has 0 atom stereocenters. The predicted molar refractivity (Wildman–Crippen MR) is 77.3 cm³/mol. The quantitative estimate of drug-likeness (QED) is 0.876. The van der Waals surface area contributed by atoms with Crippen LogP contribution in [0.1, 0.15) is 5.56 Å². The maximum absolute atomic E-state index is 11.6. The second kappa shape index (κ2) is 6.63. The summed E-state index contributed by atoms with van der Waals surface area (Å²) in [5, 5.41) is 3.37. The van der Waals surface area contributed by atoms with Crippen LogP contribution >= 0.6 is 27.5 Å². The van der Waals surface area contributed by atoms with Crippen LogP contribution in [0.3, 0.4) is 0 Å². The van der Waals surface area contributed by atoms with Gasteiger partial charge in [0.25, 0.3) is 5.91 Å². The van der Waals surface area contributed by atoms with E-state index in [-0.39, 0.29) is 12.5 Å². The molecule has 2 N–H and O–H groups in total. The number of carbonyl (C=O) groups excluding carboxylic acids is 1. The van der Waals surface area contributed by atoms with Gasteiger partial charge < -0.3 is 15.0 Å². The molecule has 6 heteroatoms. The number of benzene rings is 1. The van der Waals surface area contributed by atoms with Gasteiger partial charge in [0.2, 0.25) is 0 Å². The van der Waals surface area contributed by atoms with Crippen molar-refractivity contribution in [2.45, 2.75) is 6.54 Å². The zero-order valence-corrected chi connectivity index (χ0v) is 12.3. The lowest BCUT2D eigenvalue weighted by molar-refractivity contribution is -0.123. The van der Waals surface area contributed by atoms with Gasteiger partial charge in [-0.2, -0.15) is 0 Å². The molecule has 4 nitrogen and oxygen atoms in total. The molecule has 1 heterocycles. The molecule has 19 heavy (non-hydrogen) atoms. The van der Waals surface area contributed by atoms with Crippen molar-refractivity contribution in [2.24, 2.45) is 0 Å². The molecule has 0 saturated carbocycles. The molecule has 2 aromatic rings. The Morgan fingerprint density at radius 1 is 1.42 bits per heavy atom. The molecule has 1 aromatic carbocycles. The highest BCUT2D eigenvalue weighted by atomic mass is 79.9. The fourth-order valence-corrected chi connectivity index (χ4v) is 2.25. The SMILES string of the molecule is O=C(COc1ccc(Cl)cc1Br)NCc1cc[nH]c1. The molecular weight excluding hydrogens is 332 g/mol. The summed E-state index contributed by atoms with van der Waals surface area (Å²) in [6.45, 7) is 0.443. The van der Waals surface area contributed by atoms with Gasteiger partial charge in [-0.1, -0.05) is 11.6 Å². The van der Waals surface area contributed by atoms with Crippen LogP contribution in [-0.2, 0) is 11.3 Å². The molecule has 0 bridgehead atoms. The third-order valence-corrected chi connectivity index (χ3v) is 3.26. The van der Waals surface area contributed by atoms with Crippen molar-refractivity contribution in [3.63, 3.8) is 0 Å². The third-order valence-electron chi connectivity index (χ3n) is 2.40. The largest absolute Gasteiger partial charge is 0.483 e. The highest BCUT2D eigenvalue weighted by Gasteiger charge is 2.06. The number of rotatable bonds is 5. The van der Waals surface area contributed by atoms with E-state index in [1.54, 1.807) is 18.2 Å². The number of carbonyl (C=O) groups is 1. The number of amides is 1. The summed E-state index contributed by atoms with van der Waals surface area (Å²) < 4.78 is 6.12. The van der Waals surface area contributed by atoms with Crippen molar-refractivity contribution in [3.8, 4) is 5.75 Å². The Bertz CT molecular complexity index is 558. The van der Waals surface area contributed by atoms with E-state index in [1.807, 2.05) is 18.5 Å². The first-order valence-electron chi connectivity index (χ1n) is 5.61. The Kier molecular flexibility index (Phi) is 4.87. The van der Waals surface area contributed by atoms with Gasteiger partial charge in [0.15, 0.2) is 6.61 Å². The van der Waals surface area contributed by atoms with Crippen LogP contribution in [0.2, 0.25) is 5.02 Å². The number of H-pyrrole nitrogens is 1. The Morgan fingerprint density at radius 2 is 2.26 bits per heavy atom. The first kappa shape index (κ1) is 14.0. The topological polar surface area (TPSA) is 54.1 Å². The molecule has 0 aliphatic heterocycles. The van der Waals surface area contributed by atoms with E-state index >= 15 is 0 Å². The average Bonchev–Trinajstić information content (AvgIpc) is 2.88. The Hall–Kier alpha value is -1.46. The van der Waals surface area contributed by atoms with Crippen LogP contribution in [0.25, 0.3) is 0 Å². The van der Waals surface area contributed by atoms with Crippen molar-refractivity contribution in [1.82, 2.24) is 10.3 Å². The van der Waals surface area contributed by atoms with E-state index in [0.717, 1.165) is 10.0 Å². The van der Waals surface area contributed by atoms with Gasteiger partial charge in [-0.15, -0.1) is 0 Å². The summed E-state index contributed by atoms with van der Waals surface area (Å²) in [6.07, 6.45) is 3.64. The molecule has 0 spiro atoms. The maximum Gasteiger partial charge on any atom is 0.258 e. The van der Waals surface area contributed by atoms with Crippen LogP contribution in [0.4, 0.5) is 0 Å². The zero-order valence-electron chi connectivity index (χ0n) is 9.95. The minimum absolute atomic E-state index is 0.0370. The summed E-state index contributed by atoms with van der Waals surface area (Å²) in [5.74, 6) is 0.407. The standard InChI is InChI=1S/C13H12BrClN2O2/c14-11-5-10(15)1-2-12(11)19-8-13(18)17-7-9-3-4-16-6-9/h1-6,16H,7-8H2,(H,17,18). The molecule has 1 aromatic heterocycles. The third kappa shape index (κ3) is 4.29. The highest BCUT2D eigenvalue weighted by Crippen LogP contribution is 2.27. The first-order valence-corrected chi connectivity index (χ1v) is 6.78. The van der Waals surface area contributed by atoms with Crippen molar-refractivity contribution in [1.29, 1.82) is 0 Å². The van der Waals surface area contributed by atoms with Crippen molar-refractivity contribution in [2.75, 3.05) is 6.61 Å². The predicted octanol–water partition coefficient (Wildman–Crippen LogP) is 3.13. The first-order chi connectivity index (χ1) is 9.15. The average molecular weight is 344 g/mol.